The van der Waals surface area contributed by atoms with Crippen LogP contribution in [0.3, 0.4) is 0 Å². The molecular weight excluding hydrogens is 355 g/mol. The van der Waals surface area contributed by atoms with Gasteiger partial charge >= 0.3 is 6.18 Å². The molecule has 0 aliphatic carbocycles. The Morgan fingerprint density at radius 2 is 2.07 bits per heavy atom. The maximum atomic E-state index is 12.9. The molecule has 148 valence electrons. The third-order valence-electron chi connectivity index (χ3n) is 4.18. The fourth-order valence-corrected chi connectivity index (χ4v) is 2.66. The van der Waals surface area contributed by atoms with Crippen LogP contribution in [0.1, 0.15) is 42.9 Å². The van der Waals surface area contributed by atoms with Crippen molar-refractivity contribution in [2.75, 3.05) is 13.1 Å². The molecule has 0 saturated heterocycles. The van der Waals surface area contributed by atoms with E-state index < -0.39 is 11.7 Å². The van der Waals surface area contributed by atoms with Crippen molar-refractivity contribution >= 4 is 5.96 Å². The second-order valence-electron chi connectivity index (χ2n) is 6.46. The molecule has 2 N–H and O–H groups in total. The molecule has 0 amide bonds. The summed E-state index contributed by atoms with van der Waals surface area (Å²) in [5.41, 5.74) is 1.09. The number of alkyl halides is 3. The largest absolute Gasteiger partial charge is 0.416 e. The first-order chi connectivity index (χ1) is 12.8. The Morgan fingerprint density at radius 1 is 1.30 bits per heavy atom. The molecule has 1 aromatic heterocycles. The summed E-state index contributed by atoms with van der Waals surface area (Å²) >= 11 is 0. The van der Waals surface area contributed by atoms with Gasteiger partial charge in [0.05, 0.1) is 18.3 Å². The van der Waals surface area contributed by atoms with E-state index in [0.29, 0.717) is 31.0 Å². The standard InChI is InChI=1S/C19H26F3N5/c1-4-23-18(25-11-15-12-26-27(3)13-15)24-9-8-14(2)16-6-5-7-17(10-16)19(20,21)22/h5-7,10,12-14H,4,8-9,11H2,1-3H3,(H2,23,24,25). The molecule has 0 aliphatic heterocycles. The number of aryl methyl sites for hydroxylation is 1. The zero-order valence-electron chi connectivity index (χ0n) is 15.8. The molecule has 0 saturated carbocycles. The zero-order valence-corrected chi connectivity index (χ0v) is 15.8. The van der Waals surface area contributed by atoms with E-state index in [4.69, 9.17) is 0 Å². The third-order valence-corrected chi connectivity index (χ3v) is 4.18. The molecule has 0 spiro atoms. The van der Waals surface area contributed by atoms with Gasteiger partial charge in [-0.3, -0.25) is 4.68 Å². The molecule has 2 aromatic rings. The Morgan fingerprint density at radius 3 is 2.70 bits per heavy atom. The highest BCUT2D eigenvalue weighted by Crippen LogP contribution is 2.31. The Labute approximate surface area is 157 Å². The Balaban J connectivity index is 1.90. The maximum absolute atomic E-state index is 12.9. The Kier molecular flexibility index (Phi) is 7.27. The van der Waals surface area contributed by atoms with Gasteiger partial charge in [-0.25, -0.2) is 4.99 Å². The second-order valence-corrected chi connectivity index (χ2v) is 6.46. The molecule has 1 aromatic carbocycles. The molecule has 2 rings (SSSR count). The van der Waals surface area contributed by atoms with E-state index in [0.717, 1.165) is 18.2 Å². The van der Waals surface area contributed by atoms with Gasteiger partial charge < -0.3 is 10.6 Å². The number of hydrogen-bond donors (Lipinski definition) is 2. The van der Waals surface area contributed by atoms with Crippen LogP contribution in [-0.4, -0.2) is 28.8 Å². The number of rotatable bonds is 7. The van der Waals surface area contributed by atoms with Crippen LogP contribution < -0.4 is 10.6 Å². The highest BCUT2D eigenvalue weighted by molar-refractivity contribution is 5.79. The van der Waals surface area contributed by atoms with Crippen molar-refractivity contribution in [3.05, 3.63) is 53.3 Å². The van der Waals surface area contributed by atoms with Gasteiger partial charge in [0.2, 0.25) is 0 Å². The molecule has 8 heteroatoms. The van der Waals surface area contributed by atoms with Crippen molar-refractivity contribution < 1.29 is 13.2 Å². The minimum absolute atomic E-state index is 0.000926. The SMILES string of the molecule is CCNC(=NCc1cnn(C)c1)NCCC(C)c1cccc(C(F)(F)F)c1. The average Bonchev–Trinajstić information content (AvgIpc) is 3.04. The summed E-state index contributed by atoms with van der Waals surface area (Å²) in [6, 6.07) is 5.53. The number of nitrogens with zero attached hydrogens (tertiary/aromatic N) is 3. The van der Waals surface area contributed by atoms with Gasteiger partial charge in [-0.1, -0.05) is 25.1 Å². The van der Waals surface area contributed by atoms with Gasteiger partial charge in [0.25, 0.3) is 0 Å². The predicted molar refractivity (Wildman–Crippen MR) is 101 cm³/mol. The molecule has 0 fully saturated rings. The van der Waals surface area contributed by atoms with Gasteiger partial charge in [-0.05, 0) is 30.9 Å². The normalized spacial score (nSPS) is 13.5. The van der Waals surface area contributed by atoms with Crippen LogP contribution in [0, 0.1) is 0 Å². The minimum Gasteiger partial charge on any atom is -0.357 e. The summed E-state index contributed by atoms with van der Waals surface area (Å²) in [6.07, 6.45) is 0.0509. The van der Waals surface area contributed by atoms with E-state index in [1.54, 1.807) is 16.9 Å². The summed E-state index contributed by atoms with van der Waals surface area (Å²) in [4.78, 5) is 4.51. The second kappa shape index (κ2) is 9.43. The maximum Gasteiger partial charge on any atom is 0.416 e. The van der Waals surface area contributed by atoms with Crippen molar-refractivity contribution in [3.63, 3.8) is 0 Å². The topological polar surface area (TPSA) is 54.2 Å². The van der Waals surface area contributed by atoms with Crippen molar-refractivity contribution in [3.8, 4) is 0 Å². The van der Waals surface area contributed by atoms with Crippen LogP contribution >= 0.6 is 0 Å². The first-order valence-electron chi connectivity index (χ1n) is 8.96. The molecule has 0 aliphatic rings. The summed E-state index contributed by atoms with van der Waals surface area (Å²) in [7, 11) is 1.85. The van der Waals surface area contributed by atoms with E-state index in [2.05, 4.69) is 20.7 Å². The van der Waals surface area contributed by atoms with Crippen molar-refractivity contribution in [1.29, 1.82) is 0 Å². The number of hydrogen-bond acceptors (Lipinski definition) is 2. The lowest BCUT2D eigenvalue weighted by Crippen LogP contribution is -2.38. The van der Waals surface area contributed by atoms with Crippen LogP contribution in [0.5, 0.6) is 0 Å². The van der Waals surface area contributed by atoms with Crippen molar-refractivity contribution in [1.82, 2.24) is 20.4 Å². The van der Waals surface area contributed by atoms with Crippen LogP contribution in [0.4, 0.5) is 13.2 Å². The van der Waals surface area contributed by atoms with Crippen LogP contribution in [0.25, 0.3) is 0 Å². The van der Waals surface area contributed by atoms with Gasteiger partial charge in [-0.2, -0.15) is 18.3 Å². The molecular formula is C19H26F3N5. The highest BCUT2D eigenvalue weighted by Gasteiger charge is 2.30. The number of aliphatic imine (C=N–C) groups is 1. The number of nitrogens with one attached hydrogen (secondary N) is 2. The summed E-state index contributed by atoms with van der Waals surface area (Å²) in [5, 5.41) is 10.5. The first kappa shape index (κ1) is 20.8. The van der Waals surface area contributed by atoms with E-state index in [-0.39, 0.29) is 5.92 Å². The monoisotopic (exact) mass is 381 g/mol. The molecule has 1 heterocycles. The van der Waals surface area contributed by atoms with Crippen LogP contribution in [0.15, 0.2) is 41.7 Å². The smallest absolute Gasteiger partial charge is 0.357 e. The van der Waals surface area contributed by atoms with Crippen molar-refractivity contribution in [2.24, 2.45) is 12.0 Å². The molecule has 0 bridgehead atoms. The Bertz CT molecular complexity index is 752. The lowest BCUT2D eigenvalue weighted by molar-refractivity contribution is -0.137. The van der Waals surface area contributed by atoms with Gasteiger partial charge in [0.15, 0.2) is 5.96 Å². The molecule has 5 nitrogen and oxygen atoms in total. The number of aromatic nitrogens is 2. The first-order valence-corrected chi connectivity index (χ1v) is 8.96. The van der Waals surface area contributed by atoms with Gasteiger partial charge in [-0.15, -0.1) is 0 Å². The lowest BCUT2D eigenvalue weighted by atomic mass is 9.96. The summed E-state index contributed by atoms with van der Waals surface area (Å²) in [5.74, 6) is 0.679. The quantitative estimate of drug-likeness (QED) is 0.568. The zero-order chi connectivity index (χ0) is 19.9. The molecule has 0 radical (unpaired) electrons. The predicted octanol–water partition coefficient (Wildman–Crippen LogP) is 3.69. The number of guanidine groups is 1. The van der Waals surface area contributed by atoms with E-state index >= 15 is 0 Å². The van der Waals surface area contributed by atoms with Crippen LogP contribution in [0.2, 0.25) is 0 Å². The van der Waals surface area contributed by atoms with E-state index in [1.165, 1.54) is 12.1 Å². The van der Waals surface area contributed by atoms with Crippen molar-refractivity contribution in [2.45, 2.75) is 38.9 Å². The van der Waals surface area contributed by atoms with Gasteiger partial charge in [0, 0.05) is 31.9 Å². The highest BCUT2D eigenvalue weighted by atomic mass is 19.4. The fraction of sp³-hybridized carbons (Fsp3) is 0.474. The van der Waals surface area contributed by atoms with E-state index in [1.807, 2.05) is 27.1 Å². The summed E-state index contributed by atoms with van der Waals surface area (Å²) in [6.45, 7) is 5.74. The molecule has 1 atom stereocenters. The number of benzene rings is 1. The molecule has 27 heavy (non-hydrogen) atoms. The van der Waals surface area contributed by atoms with E-state index in [9.17, 15) is 13.2 Å². The summed E-state index contributed by atoms with van der Waals surface area (Å²) < 4.78 is 40.3. The lowest BCUT2D eigenvalue weighted by Gasteiger charge is -2.16. The fourth-order valence-electron chi connectivity index (χ4n) is 2.66. The third kappa shape index (κ3) is 6.62. The number of halogens is 3. The average molecular weight is 381 g/mol. The minimum atomic E-state index is -4.31. The Hall–Kier alpha value is -2.51. The van der Waals surface area contributed by atoms with Crippen LogP contribution in [-0.2, 0) is 19.8 Å². The molecule has 1 unspecified atom stereocenters. The van der Waals surface area contributed by atoms with Gasteiger partial charge in [0.1, 0.15) is 0 Å².